The maximum Gasteiger partial charge on any atom is 0.338 e. The minimum atomic E-state index is -0.548. The summed E-state index contributed by atoms with van der Waals surface area (Å²) in [6.45, 7) is 6.07. The highest BCUT2D eigenvalue weighted by Crippen LogP contribution is 2.35. The van der Waals surface area contributed by atoms with Crippen LogP contribution in [0.15, 0.2) is 41.9 Å². The van der Waals surface area contributed by atoms with E-state index in [4.69, 9.17) is 9.47 Å². The van der Waals surface area contributed by atoms with Crippen molar-refractivity contribution >= 4 is 11.9 Å². The third-order valence-corrected chi connectivity index (χ3v) is 3.97. The summed E-state index contributed by atoms with van der Waals surface area (Å²) in [7, 11) is 0. The van der Waals surface area contributed by atoms with Crippen molar-refractivity contribution in [3.05, 3.63) is 53.2 Å². The van der Waals surface area contributed by atoms with E-state index < -0.39 is 12.0 Å². The van der Waals surface area contributed by atoms with Gasteiger partial charge in [-0.2, -0.15) is 10.1 Å². The fourth-order valence-electron chi connectivity index (χ4n) is 2.80. The van der Waals surface area contributed by atoms with E-state index in [1.54, 1.807) is 23.7 Å². The SMILES string of the molecule is CC1=C(C(=O)OCCOC(C)C)[C@@H](c2ccc(F)cc2)n2ncnc2N1. The number of carbonyl (C=O) groups excluding carboxylic acids is 1. The molecule has 0 amide bonds. The maximum atomic E-state index is 13.3. The molecule has 1 atom stereocenters. The van der Waals surface area contributed by atoms with E-state index in [0.717, 1.165) is 0 Å². The molecule has 1 N–H and O–H groups in total. The molecule has 3 rings (SSSR count). The third-order valence-electron chi connectivity index (χ3n) is 3.97. The van der Waals surface area contributed by atoms with Crippen molar-refractivity contribution in [3.8, 4) is 0 Å². The number of carbonyl (C=O) groups is 1. The lowest BCUT2D eigenvalue weighted by Gasteiger charge is -2.28. The first kappa shape index (κ1) is 18.1. The van der Waals surface area contributed by atoms with Crippen molar-refractivity contribution in [1.29, 1.82) is 0 Å². The summed E-state index contributed by atoms with van der Waals surface area (Å²) in [5.41, 5.74) is 1.73. The zero-order chi connectivity index (χ0) is 18.7. The first-order valence-corrected chi connectivity index (χ1v) is 8.39. The summed E-state index contributed by atoms with van der Waals surface area (Å²) in [5, 5.41) is 7.26. The fraction of sp³-hybridized carbons (Fsp3) is 0.389. The van der Waals surface area contributed by atoms with Gasteiger partial charge in [-0.25, -0.2) is 13.9 Å². The lowest BCUT2D eigenvalue weighted by Crippen LogP contribution is -2.30. The number of esters is 1. The number of nitrogens with zero attached hydrogens (tertiary/aromatic N) is 3. The normalized spacial score (nSPS) is 16.4. The molecule has 7 nitrogen and oxygen atoms in total. The third kappa shape index (κ3) is 3.75. The summed E-state index contributed by atoms with van der Waals surface area (Å²) in [4.78, 5) is 16.9. The Morgan fingerprint density at radius 3 is 2.73 bits per heavy atom. The predicted octanol–water partition coefficient (Wildman–Crippen LogP) is 2.67. The van der Waals surface area contributed by atoms with Crippen LogP contribution in [-0.4, -0.2) is 40.1 Å². The highest BCUT2D eigenvalue weighted by molar-refractivity contribution is 5.92. The smallest absolute Gasteiger partial charge is 0.338 e. The van der Waals surface area contributed by atoms with Crippen molar-refractivity contribution < 1.29 is 18.7 Å². The van der Waals surface area contributed by atoms with Crippen LogP contribution in [-0.2, 0) is 14.3 Å². The lowest BCUT2D eigenvalue weighted by atomic mass is 9.96. The van der Waals surface area contributed by atoms with Gasteiger partial charge in [-0.1, -0.05) is 12.1 Å². The van der Waals surface area contributed by atoms with Gasteiger partial charge in [0.15, 0.2) is 0 Å². The molecule has 138 valence electrons. The first-order valence-electron chi connectivity index (χ1n) is 8.39. The minimum Gasteiger partial charge on any atom is -0.460 e. The van der Waals surface area contributed by atoms with Crippen LogP contribution in [0.5, 0.6) is 0 Å². The Hall–Kier alpha value is -2.74. The summed E-state index contributed by atoms with van der Waals surface area (Å²) < 4.78 is 25.7. The number of anilines is 1. The second kappa shape index (κ2) is 7.65. The van der Waals surface area contributed by atoms with Gasteiger partial charge >= 0.3 is 5.97 Å². The Bertz CT molecular complexity index is 814. The van der Waals surface area contributed by atoms with Gasteiger partial charge in [0.05, 0.1) is 18.3 Å². The van der Waals surface area contributed by atoms with Crippen LogP contribution in [0.1, 0.15) is 32.4 Å². The van der Waals surface area contributed by atoms with E-state index in [1.165, 1.54) is 18.5 Å². The van der Waals surface area contributed by atoms with E-state index in [0.29, 0.717) is 29.4 Å². The molecule has 2 aromatic rings. The van der Waals surface area contributed by atoms with Crippen LogP contribution >= 0.6 is 0 Å². The molecule has 0 aliphatic carbocycles. The number of ether oxygens (including phenoxy) is 2. The number of benzene rings is 1. The van der Waals surface area contributed by atoms with Crippen molar-refractivity contribution in [2.24, 2.45) is 0 Å². The molecular formula is C18H21FN4O3. The first-order chi connectivity index (χ1) is 12.5. The molecule has 0 unspecified atom stereocenters. The number of fused-ring (bicyclic) bond motifs is 1. The topological polar surface area (TPSA) is 78.3 Å². The molecule has 1 aliphatic heterocycles. The summed E-state index contributed by atoms with van der Waals surface area (Å²) in [5.74, 6) is -0.313. The molecule has 26 heavy (non-hydrogen) atoms. The van der Waals surface area contributed by atoms with Crippen LogP contribution in [0, 0.1) is 5.82 Å². The molecule has 8 heteroatoms. The number of rotatable bonds is 6. The molecular weight excluding hydrogens is 339 g/mol. The number of allylic oxidation sites excluding steroid dienone is 1. The van der Waals surface area contributed by atoms with E-state index in [9.17, 15) is 9.18 Å². The number of hydrogen-bond donors (Lipinski definition) is 1. The Balaban J connectivity index is 1.88. The molecule has 0 saturated carbocycles. The second-order valence-corrected chi connectivity index (χ2v) is 6.20. The summed E-state index contributed by atoms with van der Waals surface area (Å²) in [6.07, 6.45) is 1.47. The van der Waals surface area contributed by atoms with Crippen LogP contribution in [0.2, 0.25) is 0 Å². The van der Waals surface area contributed by atoms with Gasteiger partial charge in [0.2, 0.25) is 5.95 Å². The van der Waals surface area contributed by atoms with Gasteiger partial charge in [-0.05, 0) is 38.5 Å². The Labute approximate surface area is 150 Å². The monoisotopic (exact) mass is 360 g/mol. The average Bonchev–Trinajstić information content (AvgIpc) is 3.06. The highest BCUT2D eigenvalue weighted by Gasteiger charge is 2.34. The molecule has 0 spiro atoms. The molecule has 1 aromatic heterocycles. The van der Waals surface area contributed by atoms with E-state index >= 15 is 0 Å². The largest absolute Gasteiger partial charge is 0.460 e. The number of aromatic nitrogens is 3. The van der Waals surface area contributed by atoms with Crippen LogP contribution in [0.4, 0.5) is 10.3 Å². The molecule has 0 radical (unpaired) electrons. The van der Waals surface area contributed by atoms with Crippen molar-refractivity contribution in [2.45, 2.75) is 32.9 Å². The zero-order valence-corrected chi connectivity index (χ0v) is 14.9. The molecule has 0 fully saturated rings. The fourth-order valence-corrected chi connectivity index (χ4v) is 2.80. The van der Waals surface area contributed by atoms with Gasteiger partial charge < -0.3 is 14.8 Å². The Morgan fingerprint density at radius 1 is 1.31 bits per heavy atom. The summed E-state index contributed by atoms with van der Waals surface area (Å²) in [6, 6.07) is 5.40. The van der Waals surface area contributed by atoms with E-state index in [-0.39, 0.29) is 18.5 Å². The Morgan fingerprint density at radius 2 is 2.04 bits per heavy atom. The van der Waals surface area contributed by atoms with Crippen LogP contribution in [0.25, 0.3) is 0 Å². The van der Waals surface area contributed by atoms with Gasteiger partial charge in [-0.15, -0.1) is 0 Å². The standard InChI is InChI=1S/C18H21FN4O3/c1-11(2)25-8-9-26-17(24)15-12(3)22-18-20-10-21-23(18)16(15)13-4-6-14(19)7-5-13/h4-7,10-11,16H,8-9H2,1-3H3,(H,20,21,22)/t16-/m1/s1. The van der Waals surface area contributed by atoms with E-state index in [1.807, 2.05) is 13.8 Å². The zero-order valence-electron chi connectivity index (χ0n) is 14.9. The average molecular weight is 360 g/mol. The Kier molecular flexibility index (Phi) is 5.32. The van der Waals surface area contributed by atoms with Gasteiger partial charge in [-0.3, -0.25) is 0 Å². The second-order valence-electron chi connectivity index (χ2n) is 6.20. The number of hydrogen-bond acceptors (Lipinski definition) is 6. The van der Waals surface area contributed by atoms with E-state index in [2.05, 4.69) is 15.4 Å². The van der Waals surface area contributed by atoms with Crippen LogP contribution < -0.4 is 5.32 Å². The van der Waals surface area contributed by atoms with Crippen LogP contribution in [0.3, 0.4) is 0 Å². The molecule has 1 aromatic carbocycles. The molecule has 0 bridgehead atoms. The molecule has 0 saturated heterocycles. The molecule has 2 heterocycles. The molecule has 1 aliphatic rings. The van der Waals surface area contributed by atoms with Crippen molar-refractivity contribution in [3.63, 3.8) is 0 Å². The van der Waals surface area contributed by atoms with Crippen molar-refractivity contribution in [1.82, 2.24) is 14.8 Å². The number of nitrogens with one attached hydrogen (secondary N) is 1. The van der Waals surface area contributed by atoms with Gasteiger partial charge in [0.25, 0.3) is 0 Å². The van der Waals surface area contributed by atoms with Crippen molar-refractivity contribution in [2.75, 3.05) is 18.5 Å². The quantitative estimate of drug-likeness (QED) is 0.630. The van der Waals surface area contributed by atoms with Gasteiger partial charge in [0, 0.05) is 5.70 Å². The highest BCUT2D eigenvalue weighted by atomic mass is 19.1. The minimum absolute atomic E-state index is 0.0654. The maximum absolute atomic E-state index is 13.3. The predicted molar refractivity (Wildman–Crippen MR) is 92.9 cm³/mol. The number of halogens is 1. The summed E-state index contributed by atoms with van der Waals surface area (Å²) >= 11 is 0. The lowest BCUT2D eigenvalue weighted by molar-refractivity contribution is -0.141. The van der Waals surface area contributed by atoms with Gasteiger partial charge in [0.1, 0.15) is 24.8 Å².